The molecule has 0 aliphatic heterocycles. The van der Waals surface area contributed by atoms with Crippen molar-refractivity contribution < 1.29 is 9.21 Å². The lowest BCUT2D eigenvalue weighted by Crippen LogP contribution is -2.34. The van der Waals surface area contributed by atoms with Crippen molar-refractivity contribution in [2.24, 2.45) is 5.41 Å². The van der Waals surface area contributed by atoms with Crippen LogP contribution in [-0.4, -0.2) is 15.9 Å². The lowest BCUT2D eigenvalue weighted by molar-refractivity contribution is -0.128. The van der Waals surface area contributed by atoms with Crippen molar-refractivity contribution in [3.63, 3.8) is 0 Å². The highest BCUT2D eigenvalue weighted by molar-refractivity contribution is 7.09. The van der Waals surface area contributed by atoms with E-state index < -0.39 is 11.2 Å². The van der Waals surface area contributed by atoms with Gasteiger partial charge >= 0.3 is 5.76 Å². The van der Waals surface area contributed by atoms with Gasteiger partial charge in [-0.3, -0.25) is 9.78 Å². The molecule has 7 heteroatoms. The van der Waals surface area contributed by atoms with Gasteiger partial charge in [-0.1, -0.05) is 26.8 Å². The molecule has 0 saturated heterocycles. The maximum absolute atomic E-state index is 11.9. The summed E-state index contributed by atoms with van der Waals surface area (Å²) in [6, 6.07) is 5.44. The molecule has 1 aromatic carbocycles. The largest absolute Gasteiger partial charge is 0.417 e. The third-order valence-corrected chi connectivity index (χ3v) is 4.20. The Labute approximate surface area is 136 Å². The lowest BCUT2D eigenvalue weighted by Gasteiger charge is -2.16. The smallest absolute Gasteiger partial charge is 0.408 e. The Morgan fingerprint density at radius 3 is 2.91 bits per heavy atom. The van der Waals surface area contributed by atoms with E-state index in [4.69, 9.17) is 4.42 Å². The van der Waals surface area contributed by atoms with Crippen LogP contribution in [0.4, 0.5) is 0 Å². The van der Waals surface area contributed by atoms with E-state index >= 15 is 0 Å². The van der Waals surface area contributed by atoms with Crippen LogP contribution in [0.15, 0.2) is 32.8 Å². The second kappa shape index (κ2) is 5.66. The zero-order chi connectivity index (χ0) is 16.6. The Hall–Kier alpha value is -2.41. The predicted molar refractivity (Wildman–Crippen MR) is 89.2 cm³/mol. The number of carbonyl (C=O) groups is 1. The number of H-pyrrole nitrogens is 1. The summed E-state index contributed by atoms with van der Waals surface area (Å²) in [7, 11) is 0. The number of hydrogen-bond donors (Lipinski definition) is 2. The fraction of sp³-hybridized carbons (Fsp3) is 0.312. The van der Waals surface area contributed by atoms with Crippen LogP contribution in [0.25, 0.3) is 22.4 Å². The number of thiazole rings is 1. The van der Waals surface area contributed by atoms with E-state index in [1.54, 1.807) is 12.1 Å². The number of aromatic nitrogens is 2. The fourth-order valence-corrected chi connectivity index (χ4v) is 2.79. The lowest BCUT2D eigenvalue weighted by atomic mass is 9.96. The highest BCUT2D eigenvalue weighted by Crippen LogP contribution is 2.25. The number of amides is 1. The highest BCUT2D eigenvalue weighted by atomic mass is 32.1. The molecule has 0 atom stereocenters. The maximum Gasteiger partial charge on any atom is 0.417 e. The third-order valence-electron chi connectivity index (χ3n) is 3.35. The number of nitrogens with one attached hydrogen (secondary N) is 2. The van der Waals surface area contributed by atoms with Gasteiger partial charge in [-0.15, -0.1) is 11.3 Å². The van der Waals surface area contributed by atoms with E-state index in [2.05, 4.69) is 15.3 Å². The number of aromatic amines is 1. The topological polar surface area (TPSA) is 88.0 Å². The molecule has 120 valence electrons. The van der Waals surface area contributed by atoms with Crippen LogP contribution in [0, 0.1) is 5.41 Å². The van der Waals surface area contributed by atoms with Gasteiger partial charge in [0.1, 0.15) is 5.01 Å². The number of hydrogen-bond acceptors (Lipinski definition) is 5. The molecule has 2 N–H and O–H groups in total. The van der Waals surface area contributed by atoms with Crippen molar-refractivity contribution in [2.75, 3.05) is 0 Å². The van der Waals surface area contributed by atoms with Crippen molar-refractivity contribution in [3.05, 3.63) is 39.1 Å². The number of benzene rings is 1. The van der Waals surface area contributed by atoms with Crippen LogP contribution in [0.5, 0.6) is 0 Å². The second-order valence-corrected chi connectivity index (χ2v) is 7.23. The van der Waals surface area contributed by atoms with Crippen molar-refractivity contribution in [1.82, 2.24) is 15.3 Å². The third kappa shape index (κ3) is 3.34. The summed E-state index contributed by atoms with van der Waals surface area (Å²) < 4.78 is 5.06. The molecule has 6 nitrogen and oxygen atoms in total. The predicted octanol–water partition coefficient (Wildman–Crippen LogP) is 2.91. The number of rotatable bonds is 3. The van der Waals surface area contributed by atoms with E-state index in [1.165, 1.54) is 11.3 Å². The molecule has 3 aromatic rings. The quantitative estimate of drug-likeness (QED) is 0.772. The van der Waals surface area contributed by atoms with Crippen LogP contribution in [0.1, 0.15) is 25.8 Å². The molecule has 3 rings (SSSR count). The zero-order valence-corrected chi connectivity index (χ0v) is 13.9. The minimum absolute atomic E-state index is 0.00947. The number of nitrogens with zero attached hydrogens (tertiary/aromatic N) is 1. The number of carbonyl (C=O) groups excluding carboxylic acids is 1. The molecule has 1 amide bonds. The monoisotopic (exact) mass is 331 g/mol. The Balaban J connectivity index is 1.77. The molecule has 0 aliphatic rings. The van der Waals surface area contributed by atoms with E-state index in [9.17, 15) is 9.59 Å². The summed E-state index contributed by atoms with van der Waals surface area (Å²) in [5.41, 5.74) is 2.40. The Morgan fingerprint density at radius 1 is 1.39 bits per heavy atom. The second-order valence-electron chi connectivity index (χ2n) is 6.28. The van der Waals surface area contributed by atoms with Gasteiger partial charge in [0.05, 0.1) is 17.8 Å². The molecule has 0 spiro atoms. The molecule has 0 unspecified atom stereocenters. The Morgan fingerprint density at radius 2 is 2.17 bits per heavy atom. The van der Waals surface area contributed by atoms with E-state index in [0.29, 0.717) is 17.6 Å². The van der Waals surface area contributed by atoms with Gasteiger partial charge in [0.15, 0.2) is 5.58 Å². The van der Waals surface area contributed by atoms with Gasteiger partial charge in [-0.25, -0.2) is 9.78 Å². The number of oxazole rings is 1. The summed E-state index contributed by atoms with van der Waals surface area (Å²) >= 11 is 1.48. The van der Waals surface area contributed by atoms with Crippen LogP contribution in [0.3, 0.4) is 0 Å². The minimum atomic E-state index is -0.471. The molecule has 0 bridgehead atoms. The summed E-state index contributed by atoms with van der Waals surface area (Å²) in [5, 5.41) is 5.63. The minimum Gasteiger partial charge on any atom is -0.408 e. The highest BCUT2D eigenvalue weighted by Gasteiger charge is 2.21. The standard InChI is InChI=1S/C16H17N3O3S/c1-16(2,3)14(20)17-7-13-18-11(8-23-13)9-4-5-10-12(6-9)22-15(21)19-10/h4-6,8H,7H2,1-3H3,(H,17,20)(H,19,21). The molecule has 0 saturated carbocycles. The molecule has 23 heavy (non-hydrogen) atoms. The molecular weight excluding hydrogens is 314 g/mol. The van der Waals surface area contributed by atoms with Gasteiger partial charge in [0, 0.05) is 16.4 Å². The van der Waals surface area contributed by atoms with Crippen LogP contribution in [-0.2, 0) is 11.3 Å². The maximum atomic E-state index is 11.9. The number of fused-ring (bicyclic) bond motifs is 1. The van der Waals surface area contributed by atoms with Gasteiger partial charge in [0.2, 0.25) is 5.91 Å². The summed E-state index contributed by atoms with van der Waals surface area (Å²) in [4.78, 5) is 30.2. The normalized spacial score (nSPS) is 11.8. The summed E-state index contributed by atoms with van der Waals surface area (Å²) in [5.74, 6) is -0.481. The summed E-state index contributed by atoms with van der Waals surface area (Å²) in [6.07, 6.45) is 0. The molecular formula is C16H17N3O3S. The van der Waals surface area contributed by atoms with Crippen molar-refractivity contribution >= 4 is 28.3 Å². The van der Waals surface area contributed by atoms with Gasteiger partial charge < -0.3 is 9.73 Å². The Bertz CT molecular complexity index is 914. The van der Waals surface area contributed by atoms with Gasteiger partial charge in [-0.2, -0.15) is 0 Å². The molecule has 2 aromatic heterocycles. The van der Waals surface area contributed by atoms with E-state index in [-0.39, 0.29) is 5.91 Å². The van der Waals surface area contributed by atoms with Crippen molar-refractivity contribution in [1.29, 1.82) is 0 Å². The van der Waals surface area contributed by atoms with Gasteiger partial charge in [-0.05, 0) is 12.1 Å². The SMILES string of the molecule is CC(C)(C)C(=O)NCc1nc(-c2ccc3[nH]c(=O)oc3c2)cs1. The average Bonchev–Trinajstić information content (AvgIpc) is 3.07. The molecule has 0 aliphatic carbocycles. The summed E-state index contributed by atoms with van der Waals surface area (Å²) in [6.45, 7) is 6.02. The van der Waals surface area contributed by atoms with E-state index in [0.717, 1.165) is 16.3 Å². The zero-order valence-electron chi connectivity index (χ0n) is 13.1. The van der Waals surface area contributed by atoms with Crippen molar-refractivity contribution in [2.45, 2.75) is 27.3 Å². The first kappa shape index (κ1) is 15.5. The van der Waals surface area contributed by atoms with Gasteiger partial charge in [0.25, 0.3) is 0 Å². The average molecular weight is 331 g/mol. The van der Waals surface area contributed by atoms with Crippen LogP contribution < -0.4 is 11.1 Å². The van der Waals surface area contributed by atoms with Crippen molar-refractivity contribution in [3.8, 4) is 11.3 Å². The first-order valence-electron chi connectivity index (χ1n) is 7.19. The first-order valence-corrected chi connectivity index (χ1v) is 8.07. The Kier molecular flexibility index (Phi) is 3.81. The molecule has 2 heterocycles. The first-order chi connectivity index (χ1) is 10.8. The van der Waals surface area contributed by atoms with Crippen LogP contribution in [0.2, 0.25) is 0 Å². The fourth-order valence-electron chi connectivity index (χ4n) is 2.05. The molecule has 0 radical (unpaired) electrons. The molecule has 0 fully saturated rings. The van der Waals surface area contributed by atoms with E-state index in [1.807, 2.05) is 32.2 Å². The van der Waals surface area contributed by atoms with Crippen LogP contribution >= 0.6 is 11.3 Å².